The summed E-state index contributed by atoms with van der Waals surface area (Å²) in [5.41, 5.74) is 2.84. The van der Waals surface area contributed by atoms with Gasteiger partial charge >= 0.3 is 7.82 Å². The van der Waals surface area contributed by atoms with Crippen LogP contribution in [0.1, 0.15) is 11.1 Å². The van der Waals surface area contributed by atoms with Crippen LogP contribution in [0.25, 0.3) is 11.6 Å². The first kappa shape index (κ1) is 15.6. The van der Waals surface area contributed by atoms with Gasteiger partial charge in [0.05, 0.1) is 7.11 Å². The Bertz CT molecular complexity index is 791. The van der Waals surface area contributed by atoms with Crippen molar-refractivity contribution in [2.45, 2.75) is 0 Å². The van der Waals surface area contributed by atoms with Gasteiger partial charge in [0.25, 0.3) is 0 Å². The SMILES string of the molecule is COc1ccc(C2=Cc3ccc(OP(=O)(O)O)cc3OC2)cc1. The molecule has 2 aromatic carbocycles. The third kappa shape index (κ3) is 3.74. The minimum absolute atomic E-state index is 0.0679. The first-order chi connectivity index (χ1) is 10.9. The van der Waals surface area contributed by atoms with Crippen molar-refractivity contribution >= 4 is 19.5 Å². The summed E-state index contributed by atoms with van der Waals surface area (Å²) in [7, 11) is -2.96. The Morgan fingerprint density at radius 1 is 1.09 bits per heavy atom. The van der Waals surface area contributed by atoms with Gasteiger partial charge in [-0.05, 0) is 41.5 Å². The fourth-order valence-electron chi connectivity index (χ4n) is 2.31. The van der Waals surface area contributed by atoms with Crippen molar-refractivity contribution in [1.82, 2.24) is 0 Å². The van der Waals surface area contributed by atoms with E-state index in [4.69, 9.17) is 19.3 Å². The zero-order chi connectivity index (χ0) is 16.4. The minimum atomic E-state index is -4.57. The molecular weight excluding hydrogens is 319 g/mol. The molecule has 1 heterocycles. The first-order valence-corrected chi connectivity index (χ1v) is 8.35. The van der Waals surface area contributed by atoms with Crippen molar-refractivity contribution in [1.29, 1.82) is 0 Å². The number of ether oxygens (including phenoxy) is 2. The van der Waals surface area contributed by atoms with Gasteiger partial charge in [0.1, 0.15) is 23.9 Å². The normalized spacial score (nSPS) is 13.6. The van der Waals surface area contributed by atoms with Crippen LogP contribution in [-0.2, 0) is 4.57 Å². The Labute approximate surface area is 133 Å². The minimum Gasteiger partial charge on any atom is -0.497 e. The molecule has 0 bridgehead atoms. The predicted molar refractivity (Wildman–Crippen MR) is 85.5 cm³/mol. The van der Waals surface area contributed by atoms with E-state index in [1.165, 1.54) is 12.1 Å². The topological polar surface area (TPSA) is 85.2 Å². The van der Waals surface area contributed by atoms with Gasteiger partial charge in [-0.2, -0.15) is 0 Å². The molecule has 23 heavy (non-hydrogen) atoms. The van der Waals surface area contributed by atoms with Crippen LogP contribution < -0.4 is 14.0 Å². The summed E-state index contributed by atoms with van der Waals surface area (Å²) < 4.78 is 26.2. The second kappa shape index (κ2) is 6.08. The van der Waals surface area contributed by atoms with Crippen molar-refractivity contribution in [2.24, 2.45) is 0 Å². The van der Waals surface area contributed by atoms with Gasteiger partial charge in [-0.25, -0.2) is 4.57 Å². The molecule has 0 spiro atoms. The fourth-order valence-corrected chi connectivity index (χ4v) is 2.70. The van der Waals surface area contributed by atoms with Crippen LogP contribution in [0.4, 0.5) is 0 Å². The van der Waals surface area contributed by atoms with Crippen LogP contribution in [0.3, 0.4) is 0 Å². The monoisotopic (exact) mass is 334 g/mol. The number of phosphoric acid groups is 1. The lowest BCUT2D eigenvalue weighted by Gasteiger charge is -2.19. The van der Waals surface area contributed by atoms with E-state index < -0.39 is 7.82 Å². The number of hydrogen-bond acceptors (Lipinski definition) is 4. The maximum Gasteiger partial charge on any atom is 0.524 e. The third-order valence-electron chi connectivity index (χ3n) is 3.38. The fraction of sp³-hybridized carbons (Fsp3) is 0.125. The summed E-state index contributed by atoms with van der Waals surface area (Å²) in [5.74, 6) is 1.37. The quantitative estimate of drug-likeness (QED) is 0.836. The molecule has 1 aliphatic rings. The standard InChI is InChI=1S/C16H15O6P/c1-20-14-5-2-11(3-6-14)13-8-12-4-7-15(22-23(17,18)19)9-16(12)21-10-13/h2-9H,10H2,1H3,(H2,17,18,19). The molecule has 3 rings (SSSR count). The molecule has 0 saturated carbocycles. The molecule has 7 heteroatoms. The van der Waals surface area contributed by atoms with Gasteiger partial charge in [0.15, 0.2) is 0 Å². The molecule has 0 saturated heterocycles. The molecule has 0 amide bonds. The van der Waals surface area contributed by atoms with Crippen LogP contribution in [0.5, 0.6) is 17.2 Å². The number of methoxy groups -OCH3 is 1. The van der Waals surface area contributed by atoms with E-state index in [9.17, 15) is 4.57 Å². The van der Waals surface area contributed by atoms with Gasteiger partial charge < -0.3 is 14.0 Å². The molecule has 2 N–H and O–H groups in total. The second-order valence-corrected chi connectivity index (χ2v) is 6.13. The van der Waals surface area contributed by atoms with E-state index in [-0.39, 0.29) is 5.75 Å². The molecule has 120 valence electrons. The summed E-state index contributed by atoms with van der Waals surface area (Å²) in [5, 5.41) is 0. The number of hydrogen-bond donors (Lipinski definition) is 2. The average Bonchev–Trinajstić information content (AvgIpc) is 2.53. The summed E-state index contributed by atoms with van der Waals surface area (Å²) in [6, 6.07) is 12.3. The number of fused-ring (bicyclic) bond motifs is 1. The summed E-state index contributed by atoms with van der Waals surface area (Å²) in [4.78, 5) is 17.7. The van der Waals surface area contributed by atoms with Gasteiger partial charge in [0, 0.05) is 11.6 Å². The summed E-state index contributed by atoms with van der Waals surface area (Å²) in [6.07, 6.45) is 1.97. The van der Waals surface area contributed by atoms with Crippen molar-refractivity contribution in [3.05, 3.63) is 53.6 Å². The van der Waals surface area contributed by atoms with Crippen LogP contribution in [0.2, 0.25) is 0 Å². The first-order valence-electron chi connectivity index (χ1n) is 6.81. The molecule has 6 nitrogen and oxygen atoms in total. The predicted octanol–water partition coefficient (Wildman–Crippen LogP) is 3.10. The molecular formula is C16H15O6P. The van der Waals surface area contributed by atoms with Crippen LogP contribution in [0.15, 0.2) is 42.5 Å². The van der Waals surface area contributed by atoms with Gasteiger partial charge in [0.2, 0.25) is 0 Å². The van der Waals surface area contributed by atoms with Crippen LogP contribution in [-0.4, -0.2) is 23.5 Å². The molecule has 2 aromatic rings. The number of benzene rings is 2. The lowest BCUT2D eigenvalue weighted by Crippen LogP contribution is -2.06. The van der Waals surface area contributed by atoms with Crippen molar-refractivity contribution < 1.29 is 28.3 Å². The molecule has 0 fully saturated rings. The van der Waals surface area contributed by atoms with Gasteiger partial charge in [-0.15, -0.1) is 0 Å². The number of phosphoric ester groups is 1. The van der Waals surface area contributed by atoms with E-state index in [1.54, 1.807) is 13.2 Å². The Morgan fingerprint density at radius 3 is 2.43 bits per heavy atom. The molecule has 0 aliphatic carbocycles. The average molecular weight is 334 g/mol. The third-order valence-corrected chi connectivity index (χ3v) is 3.83. The lowest BCUT2D eigenvalue weighted by molar-refractivity contribution is 0.282. The van der Waals surface area contributed by atoms with E-state index in [0.717, 1.165) is 22.4 Å². The molecule has 1 aliphatic heterocycles. The molecule has 0 atom stereocenters. The molecule has 0 unspecified atom stereocenters. The van der Waals surface area contributed by atoms with Gasteiger partial charge in [-0.3, -0.25) is 9.79 Å². The molecule has 0 radical (unpaired) electrons. The van der Waals surface area contributed by atoms with E-state index in [1.807, 2.05) is 30.3 Å². The van der Waals surface area contributed by atoms with Crippen molar-refractivity contribution in [2.75, 3.05) is 13.7 Å². The van der Waals surface area contributed by atoms with Crippen LogP contribution in [0, 0.1) is 0 Å². The maximum absolute atomic E-state index is 10.9. The molecule has 0 aromatic heterocycles. The second-order valence-electron chi connectivity index (χ2n) is 4.97. The summed E-state index contributed by atoms with van der Waals surface area (Å²) >= 11 is 0. The zero-order valence-electron chi connectivity index (χ0n) is 12.3. The van der Waals surface area contributed by atoms with Gasteiger partial charge in [-0.1, -0.05) is 12.1 Å². The van der Waals surface area contributed by atoms with Crippen molar-refractivity contribution in [3.63, 3.8) is 0 Å². The Morgan fingerprint density at radius 2 is 1.78 bits per heavy atom. The van der Waals surface area contributed by atoms with E-state index in [2.05, 4.69) is 4.52 Å². The highest BCUT2D eigenvalue weighted by Gasteiger charge is 2.19. The van der Waals surface area contributed by atoms with Crippen molar-refractivity contribution in [3.8, 4) is 17.2 Å². The highest BCUT2D eigenvalue weighted by atomic mass is 31.2. The maximum atomic E-state index is 10.9. The smallest absolute Gasteiger partial charge is 0.497 e. The lowest BCUT2D eigenvalue weighted by atomic mass is 10.0. The Kier molecular flexibility index (Phi) is 4.13. The van der Waals surface area contributed by atoms with Crippen LogP contribution >= 0.6 is 7.82 Å². The van der Waals surface area contributed by atoms with E-state index >= 15 is 0 Å². The zero-order valence-corrected chi connectivity index (χ0v) is 13.2. The highest BCUT2D eigenvalue weighted by Crippen LogP contribution is 2.40. The number of rotatable bonds is 4. The summed E-state index contributed by atoms with van der Waals surface area (Å²) in [6.45, 7) is 0.360. The Balaban J connectivity index is 1.87. The largest absolute Gasteiger partial charge is 0.524 e. The Hall–Kier alpha value is -2.27. The highest BCUT2D eigenvalue weighted by molar-refractivity contribution is 7.46. The van der Waals surface area contributed by atoms with E-state index in [0.29, 0.717) is 12.4 Å².